The van der Waals surface area contributed by atoms with E-state index in [9.17, 15) is 12.8 Å². The molecule has 0 radical (unpaired) electrons. The van der Waals surface area contributed by atoms with E-state index in [4.69, 9.17) is 4.74 Å². The number of nitrogens with one attached hydrogen (secondary N) is 1. The third kappa shape index (κ3) is 2.02. The van der Waals surface area contributed by atoms with E-state index in [2.05, 4.69) is 0 Å². The fourth-order valence-electron chi connectivity index (χ4n) is 0.927. The number of sulfonamides is 1. The molecule has 4 nitrogen and oxygen atoms in total. The van der Waals surface area contributed by atoms with Gasteiger partial charge in [0, 0.05) is 6.07 Å². The summed E-state index contributed by atoms with van der Waals surface area (Å²) in [5.74, 6) is -0.514. The molecule has 0 aliphatic carbocycles. The lowest BCUT2D eigenvalue weighted by molar-refractivity contribution is 0.411. The molecule has 0 aliphatic rings. The van der Waals surface area contributed by atoms with Crippen LogP contribution in [-0.2, 0) is 10.0 Å². The maximum absolute atomic E-state index is 13.1. The van der Waals surface area contributed by atoms with Gasteiger partial charge in [0.05, 0.1) is 7.11 Å². The molecule has 0 unspecified atom stereocenters. The summed E-state index contributed by atoms with van der Waals surface area (Å²) in [6, 6.07) is 3.52. The Balaban J connectivity index is 3.33. The molecule has 0 saturated heterocycles. The summed E-state index contributed by atoms with van der Waals surface area (Å²) in [4.78, 5) is -0.417. The molecule has 0 atom stereocenters. The van der Waals surface area contributed by atoms with E-state index in [1.165, 1.54) is 20.2 Å². The number of rotatable bonds is 3. The average molecular weight is 219 g/mol. The summed E-state index contributed by atoms with van der Waals surface area (Å²) in [5.41, 5.74) is 0. The zero-order chi connectivity index (χ0) is 10.8. The van der Waals surface area contributed by atoms with Crippen molar-refractivity contribution in [3.8, 4) is 5.75 Å². The second-order valence-corrected chi connectivity index (χ2v) is 4.36. The van der Waals surface area contributed by atoms with Gasteiger partial charge in [0.1, 0.15) is 16.5 Å². The van der Waals surface area contributed by atoms with E-state index >= 15 is 0 Å². The molecule has 0 saturated carbocycles. The largest absolute Gasteiger partial charge is 0.497 e. The molecule has 0 aliphatic heterocycles. The molecular formula is C8H10FNO3S. The second kappa shape index (κ2) is 3.93. The van der Waals surface area contributed by atoms with Gasteiger partial charge in [0.25, 0.3) is 0 Å². The van der Waals surface area contributed by atoms with Crippen LogP contribution in [0.15, 0.2) is 23.1 Å². The van der Waals surface area contributed by atoms with Crippen LogP contribution in [0.25, 0.3) is 0 Å². The third-order valence-electron chi connectivity index (χ3n) is 1.70. The summed E-state index contributed by atoms with van der Waals surface area (Å²) >= 11 is 0. The van der Waals surface area contributed by atoms with E-state index in [-0.39, 0.29) is 0 Å². The maximum atomic E-state index is 13.1. The molecule has 1 rings (SSSR count). The Kier molecular flexibility index (Phi) is 3.07. The molecule has 14 heavy (non-hydrogen) atoms. The van der Waals surface area contributed by atoms with Crippen molar-refractivity contribution >= 4 is 10.0 Å². The minimum Gasteiger partial charge on any atom is -0.497 e. The molecule has 0 heterocycles. The van der Waals surface area contributed by atoms with Crippen molar-refractivity contribution in [3.05, 3.63) is 24.0 Å². The number of hydrogen-bond acceptors (Lipinski definition) is 3. The van der Waals surface area contributed by atoms with Gasteiger partial charge in [0.2, 0.25) is 10.0 Å². The molecule has 0 bridgehead atoms. The average Bonchev–Trinajstić information content (AvgIpc) is 2.18. The van der Waals surface area contributed by atoms with Gasteiger partial charge in [-0.15, -0.1) is 0 Å². The predicted molar refractivity (Wildman–Crippen MR) is 49.2 cm³/mol. The first-order chi connectivity index (χ1) is 6.51. The Hall–Kier alpha value is -1.14. The first-order valence-corrected chi connectivity index (χ1v) is 5.26. The van der Waals surface area contributed by atoms with Gasteiger partial charge >= 0.3 is 0 Å². The van der Waals surface area contributed by atoms with Crippen LogP contribution in [0.2, 0.25) is 0 Å². The molecule has 1 aromatic rings. The zero-order valence-electron chi connectivity index (χ0n) is 7.74. The Morgan fingerprint density at radius 3 is 2.57 bits per heavy atom. The highest BCUT2D eigenvalue weighted by atomic mass is 32.2. The smallest absolute Gasteiger partial charge is 0.243 e. The molecule has 0 amide bonds. The van der Waals surface area contributed by atoms with Crippen molar-refractivity contribution in [1.82, 2.24) is 4.72 Å². The van der Waals surface area contributed by atoms with Crippen LogP contribution in [-0.4, -0.2) is 22.6 Å². The fraction of sp³-hybridized carbons (Fsp3) is 0.250. The van der Waals surface area contributed by atoms with Gasteiger partial charge in [-0.1, -0.05) is 0 Å². The molecule has 1 aromatic carbocycles. The van der Waals surface area contributed by atoms with Crippen LogP contribution in [0.5, 0.6) is 5.75 Å². The molecule has 6 heteroatoms. The number of methoxy groups -OCH3 is 1. The van der Waals surface area contributed by atoms with Crippen LogP contribution in [0.3, 0.4) is 0 Å². The summed E-state index contributed by atoms with van der Waals surface area (Å²) in [5, 5.41) is 0. The van der Waals surface area contributed by atoms with Crippen LogP contribution in [0.1, 0.15) is 0 Å². The van der Waals surface area contributed by atoms with Crippen molar-refractivity contribution in [3.63, 3.8) is 0 Å². The van der Waals surface area contributed by atoms with Gasteiger partial charge in [0.15, 0.2) is 0 Å². The van der Waals surface area contributed by atoms with Crippen LogP contribution in [0, 0.1) is 5.82 Å². The lowest BCUT2D eigenvalue weighted by atomic mass is 10.3. The lowest BCUT2D eigenvalue weighted by Crippen LogP contribution is -2.19. The summed E-state index contributed by atoms with van der Waals surface area (Å²) in [6.07, 6.45) is 0. The third-order valence-corrected chi connectivity index (χ3v) is 3.13. The Morgan fingerprint density at radius 2 is 2.07 bits per heavy atom. The number of halogens is 1. The molecule has 1 N–H and O–H groups in total. The summed E-state index contributed by atoms with van der Waals surface area (Å²) in [6.45, 7) is 0. The normalized spacial score (nSPS) is 11.4. The first-order valence-electron chi connectivity index (χ1n) is 3.78. The molecule has 78 valence electrons. The minimum absolute atomic E-state index is 0.292. The number of benzene rings is 1. The van der Waals surface area contributed by atoms with Crippen molar-refractivity contribution < 1.29 is 17.5 Å². The topological polar surface area (TPSA) is 55.4 Å². The standard InChI is InChI=1S/C8H10FNO3S/c1-10-14(11,12)8-5-6(13-2)3-4-7(8)9/h3-5,10H,1-2H3. The fourth-order valence-corrected chi connectivity index (χ4v) is 1.74. The van der Waals surface area contributed by atoms with Gasteiger partial charge in [-0.3, -0.25) is 0 Å². The Labute approximate surface area is 81.8 Å². The van der Waals surface area contributed by atoms with Crippen LogP contribution < -0.4 is 9.46 Å². The monoisotopic (exact) mass is 219 g/mol. The minimum atomic E-state index is -3.77. The van der Waals surface area contributed by atoms with Crippen molar-refractivity contribution in [2.45, 2.75) is 4.90 Å². The molecule has 0 fully saturated rings. The van der Waals surface area contributed by atoms with E-state index in [0.717, 1.165) is 12.1 Å². The van der Waals surface area contributed by atoms with Crippen molar-refractivity contribution in [1.29, 1.82) is 0 Å². The molecule has 0 aromatic heterocycles. The first kappa shape index (κ1) is 10.9. The summed E-state index contributed by atoms with van der Waals surface area (Å²) < 4.78 is 42.5. The van der Waals surface area contributed by atoms with Crippen LogP contribution >= 0.6 is 0 Å². The van der Waals surface area contributed by atoms with Gasteiger partial charge < -0.3 is 4.74 Å². The summed E-state index contributed by atoms with van der Waals surface area (Å²) in [7, 11) is -1.17. The maximum Gasteiger partial charge on any atom is 0.243 e. The van der Waals surface area contributed by atoms with Crippen molar-refractivity contribution in [2.75, 3.05) is 14.2 Å². The molecular weight excluding hydrogens is 209 g/mol. The molecule has 0 spiro atoms. The Morgan fingerprint density at radius 1 is 1.43 bits per heavy atom. The SMILES string of the molecule is CNS(=O)(=O)c1cc(OC)ccc1F. The van der Waals surface area contributed by atoms with E-state index in [0.29, 0.717) is 5.75 Å². The second-order valence-electron chi connectivity index (χ2n) is 2.50. The van der Waals surface area contributed by atoms with Crippen molar-refractivity contribution in [2.24, 2.45) is 0 Å². The van der Waals surface area contributed by atoms with Crippen LogP contribution in [0.4, 0.5) is 4.39 Å². The Bertz CT molecular complexity index is 430. The number of ether oxygens (including phenoxy) is 1. The van der Waals surface area contributed by atoms with E-state index in [1.807, 2.05) is 4.72 Å². The van der Waals surface area contributed by atoms with E-state index < -0.39 is 20.7 Å². The van der Waals surface area contributed by atoms with Gasteiger partial charge in [-0.2, -0.15) is 0 Å². The highest BCUT2D eigenvalue weighted by Gasteiger charge is 2.17. The zero-order valence-corrected chi connectivity index (χ0v) is 8.56. The highest BCUT2D eigenvalue weighted by Crippen LogP contribution is 2.20. The van der Waals surface area contributed by atoms with Gasteiger partial charge in [-0.05, 0) is 19.2 Å². The predicted octanol–water partition coefficient (Wildman–Crippen LogP) is 0.742. The van der Waals surface area contributed by atoms with Gasteiger partial charge in [-0.25, -0.2) is 17.5 Å². The lowest BCUT2D eigenvalue weighted by Gasteiger charge is -2.05. The van der Waals surface area contributed by atoms with E-state index in [1.54, 1.807) is 0 Å². The highest BCUT2D eigenvalue weighted by molar-refractivity contribution is 7.89. The number of hydrogen-bond donors (Lipinski definition) is 1. The quantitative estimate of drug-likeness (QED) is 0.815.